The Morgan fingerprint density at radius 3 is 2.62 bits per heavy atom. The van der Waals surface area contributed by atoms with Gasteiger partial charge in [0.1, 0.15) is 17.8 Å². The Kier molecular flexibility index (Phi) is 4.58. The second-order valence-electron chi connectivity index (χ2n) is 10.2. The molecular formula is C26H26F3N5. The fraction of sp³-hybridized carbons (Fsp3) is 0.423. The minimum Gasteiger partial charge on any atom is -0.352 e. The molecule has 0 amide bonds. The first-order valence-corrected chi connectivity index (χ1v) is 12.1. The Balaban J connectivity index is 1.39. The number of aromatic nitrogens is 3. The number of nitrogens with one attached hydrogen (secondary N) is 3. The smallest absolute Gasteiger partial charge is 0.157 e. The zero-order chi connectivity index (χ0) is 23.0. The number of benzene rings is 2. The van der Waals surface area contributed by atoms with Crippen LogP contribution >= 0.6 is 0 Å². The summed E-state index contributed by atoms with van der Waals surface area (Å²) < 4.78 is 44.3. The van der Waals surface area contributed by atoms with Gasteiger partial charge in [-0.1, -0.05) is 0 Å². The van der Waals surface area contributed by atoms with Crippen molar-refractivity contribution in [2.45, 2.75) is 44.1 Å². The van der Waals surface area contributed by atoms with Crippen molar-refractivity contribution in [3.05, 3.63) is 53.6 Å². The number of halogens is 3. The minimum atomic E-state index is -0.858. The quantitative estimate of drug-likeness (QED) is 0.412. The Labute approximate surface area is 194 Å². The molecule has 7 rings (SSSR count). The van der Waals surface area contributed by atoms with Gasteiger partial charge in [0.25, 0.3) is 0 Å². The second-order valence-corrected chi connectivity index (χ2v) is 10.2. The molecule has 4 heterocycles. The van der Waals surface area contributed by atoms with Crippen LogP contribution in [-0.2, 0) is 13.0 Å². The van der Waals surface area contributed by atoms with Crippen molar-refractivity contribution in [3.63, 3.8) is 0 Å². The lowest BCUT2D eigenvalue weighted by molar-refractivity contribution is 0.355. The summed E-state index contributed by atoms with van der Waals surface area (Å²) in [6.45, 7) is 2.13. The SMILES string of the molecule is Fc1ccc2c(c1)nc(-c1[nH]c3cc(F)ccc3c1C[C@@H]1C[C@H](F)CN1)n2C[C@H]1NC[C@@H]2C[C@@H]21. The largest absolute Gasteiger partial charge is 0.352 e. The van der Waals surface area contributed by atoms with Crippen LogP contribution in [0.2, 0.25) is 0 Å². The van der Waals surface area contributed by atoms with E-state index in [1.165, 1.54) is 30.7 Å². The van der Waals surface area contributed by atoms with Crippen LogP contribution in [0.5, 0.6) is 0 Å². The van der Waals surface area contributed by atoms with Gasteiger partial charge in [0.2, 0.25) is 0 Å². The third kappa shape index (κ3) is 3.34. The fourth-order valence-corrected chi connectivity index (χ4v) is 6.13. The first-order valence-electron chi connectivity index (χ1n) is 12.1. The first-order chi connectivity index (χ1) is 16.5. The molecule has 5 atom stereocenters. The molecule has 5 nitrogen and oxygen atoms in total. The summed E-state index contributed by atoms with van der Waals surface area (Å²) in [6.07, 6.45) is 1.45. The summed E-state index contributed by atoms with van der Waals surface area (Å²) in [7, 11) is 0. The lowest BCUT2D eigenvalue weighted by atomic mass is 10.0. The molecule has 34 heavy (non-hydrogen) atoms. The first kappa shape index (κ1) is 20.5. The molecule has 176 valence electrons. The third-order valence-electron chi connectivity index (χ3n) is 7.94. The summed E-state index contributed by atoms with van der Waals surface area (Å²) in [6, 6.07) is 9.79. The highest BCUT2D eigenvalue weighted by Gasteiger charge is 2.48. The second kappa shape index (κ2) is 7.58. The number of hydrogen-bond donors (Lipinski definition) is 3. The molecule has 2 aromatic carbocycles. The number of imidazole rings is 1. The minimum absolute atomic E-state index is 0.00297. The Morgan fingerprint density at radius 1 is 1.00 bits per heavy atom. The molecule has 3 N–H and O–H groups in total. The van der Waals surface area contributed by atoms with E-state index in [2.05, 4.69) is 20.2 Å². The molecule has 2 aromatic heterocycles. The predicted molar refractivity (Wildman–Crippen MR) is 125 cm³/mol. The van der Waals surface area contributed by atoms with E-state index in [-0.39, 0.29) is 17.7 Å². The summed E-state index contributed by atoms with van der Waals surface area (Å²) in [5.74, 6) is 1.50. The summed E-state index contributed by atoms with van der Waals surface area (Å²) in [5, 5.41) is 7.80. The van der Waals surface area contributed by atoms with Crippen LogP contribution in [0.1, 0.15) is 18.4 Å². The van der Waals surface area contributed by atoms with E-state index in [1.807, 2.05) is 0 Å². The van der Waals surface area contributed by atoms with E-state index in [9.17, 15) is 13.2 Å². The highest BCUT2D eigenvalue weighted by Crippen LogP contribution is 2.46. The monoisotopic (exact) mass is 465 g/mol. The summed E-state index contributed by atoms with van der Waals surface area (Å²) >= 11 is 0. The van der Waals surface area contributed by atoms with Gasteiger partial charge < -0.3 is 20.2 Å². The third-order valence-corrected chi connectivity index (χ3v) is 7.94. The molecule has 4 aromatic rings. The van der Waals surface area contributed by atoms with E-state index in [0.717, 1.165) is 41.2 Å². The van der Waals surface area contributed by atoms with Crippen LogP contribution in [0, 0.1) is 23.5 Å². The van der Waals surface area contributed by atoms with Crippen molar-refractivity contribution in [2.24, 2.45) is 11.8 Å². The molecule has 3 fully saturated rings. The van der Waals surface area contributed by atoms with Crippen LogP contribution in [0.15, 0.2) is 36.4 Å². The number of aromatic amines is 1. The maximum absolute atomic E-state index is 14.1. The van der Waals surface area contributed by atoms with Crippen molar-refractivity contribution in [1.29, 1.82) is 0 Å². The van der Waals surface area contributed by atoms with Crippen molar-refractivity contribution >= 4 is 21.9 Å². The van der Waals surface area contributed by atoms with E-state index < -0.39 is 6.17 Å². The molecule has 0 bridgehead atoms. The molecule has 0 unspecified atom stereocenters. The summed E-state index contributed by atoms with van der Waals surface area (Å²) in [4.78, 5) is 8.28. The van der Waals surface area contributed by atoms with Gasteiger partial charge in [-0.3, -0.25) is 0 Å². The van der Waals surface area contributed by atoms with Crippen LogP contribution < -0.4 is 10.6 Å². The highest BCUT2D eigenvalue weighted by molar-refractivity contribution is 5.91. The number of hydrogen-bond acceptors (Lipinski definition) is 3. The highest BCUT2D eigenvalue weighted by atomic mass is 19.1. The van der Waals surface area contributed by atoms with Crippen molar-refractivity contribution in [2.75, 3.05) is 13.1 Å². The maximum Gasteiger partial charge on any atom is 0.157 e. The topological polar surface area (TPSA) is 57.7 Å². The number of fused-ring (bicyclic) bond motifs is 3. The molecule has 3 aliphatic rings. The van der Waals surface area contributed by atoms with Crippen molar-refractivity contribution in [3.8, 4) is 11.5 Å². The van der Waals surface area contributed by atoms with Gasteiger partial charge in [-0.05, 0) is 73.5 Å². The Morgan fingerprint density at radius 2 is 1.85 bits per heavy atom. The van der Waals surface area contributed by atoms with Gasteiger partial charge in [0.15, 0.2) is 5.82 Å². The lowest BCUT2D eigenvalue weighted by Gasteiger charge is -2.18. The fourth-order valence-electron chi connectivity index (χ4n) is 6.13. The van der Waals surface area contributed by atoms with Gasteiger partial charge in [0.05, 0.1) is 16.7 Å². The average molecular weight is 466 g/mol. The number of alkyl halides is 1. The van der Waals surface area contributed by atoms with Gasteiger partial charge in [-0.15, -0.1) is 0 Å². The molecular weight excluding hydrogens is 439 g/mol. The zero-order valence-corrected chi connectivity index (χ0v) is 18.6. The van der Waals surface area contributed by atoms with E-state index in [0.29, 0.717) is 48.2 Å². The summed E-state index contributed by atoms with van der Waals surface area (Å²) in [5.41, 5.74) is 3.94. The molecule has 1 saturated carbocycles. The van der Waals surface area contributed by atoms with Crippen molar-refractivity contribution in [1.82, 2.24) is 25.2 Å². The number of rotatable bonds is 5. The van der Waals surface area contributed by atoms with Gasteiger partial charge in [-0.25, -0.2) is 18.2 Å². The van der Waals surface area contributed by atoms with E-state index >= 15 is 0 Å². The zero-order valence-electron chi connectivity index (χ0n) is 18.6. The molecule has 2 aliphatic heterocycles. The van der Waals surface area contributed by atoms with Crippen LogP contribution in [0.25, 0.3) is 33.5 Å². The van der Waals surface area contributed by atoms with E-state index in [4.69, 9.17) is 4.98 Å². The standard InChI is InChI=1S/C26H26F3N5/c27-14-1-3-18-20(9-17-6-16(29)11-30-17)25(32-21(18)7-14)26-33-22-8-15(28)2-4-24(22)34(26)12-23-19-5-13(19)10-31-23/h1-4,7-8,13,16-17,19,23,30-32H,5-6,9-12H2/t13-,16-,17-,19-,23+/m0/s1. The maximum atomic E-state index is 14.1. The van der Waals surface area contributed by atoms with Gasteiger partial charge >= 0.3 is 0 Å². The molecule has 1 aliphatic carbocycles. The van der Waals surface area contributed by atoms with Crippen LogP contribution in [-0.4, -0.2) is 45.9 Å². The predicted octanol–water partition coefficient (Wildman–Crippen LogP) is 4.31. The van der Waals surface area contributed by atoms with Crippen LogP contribution in [0.3, 0.4) is 0 Å². The number of piperidine rings is 1. The van der Waals surface area contributed by atoms with Crippen molar-refractivity contribution < 1.29 is 13.2 Å². The Hall–Kier alpha value is -2.84. The number of nitrogens with zero attached hydrogens (tertiary/aromatic N) is 2. The lowest BCUT2D eigenvalue weighted by Crippen LogP contribution is -2.31. The number of H-pyrrole nitrogens is 1. The molecule has 8 heteroatoms. The van der Waals surface area contributed by atoms with Crippen LogP contribution in [0.4, 0.5) is 13.2 Å². The average Bonchev–Trinajstić information content (AvgIpc) is 3.09. The van der Waals surface area contributed by atoms with Gasteiger partial charge in [0, 0.05) is 42.1 Å². The molecule has 0 spiro atoms. The normalized spacial score (nSPS) is 28.3. The molecule has 0 radical (unpaired) electrons. The van der Waals surface area contributed by atoms with Gasteiger partial charge in [-0.2, -0.15) is 0 Å². The van der Waals surface area contributed by atoms with E-state index in [1.54, 1.807) is 12.1 Å². The molecule has 2 saturated heterocycles. The Bertz CT molecular complexity index is 1410.